The van der Waals surface area contributed by atoms with Gasteiger partial charge in [-0.1, -0.05) is 0 Å². The van der Waals surface area contributed by atoms with Gasteiger partial charge in [0.05, 0.1) is 0 Å². The van der Waals surface area contributed by atoms with E-state index in [-0.39, 0.29) is 126 Å². The van der Waals surface area contributed by atoms with E-state index >= 15 is 0 Å². The van der Waals surface area contributed by atoms with Gasteiger partial charge in [0.15, 0.2) is 0 Å². The predicted octanol–water partition coefficient (Wildman–Crippen LogP) is -23.4. The maximum Gasteiger partial charge on any atom is 1.00 e. The molecule has 0 rings (SSSR count). The zero-order valence-electron chi connectivity index (χ0n) is 14.2. The van der Waals surface area contributed by atoms with Gasteiger partial charge in [-0.05, 0) is 0 Å². The average Bonchev–Trinajstić information content (AvgIpc) is 2.08. The Morgan fingerprint density at radius 3 is 0.333 bits per heavy atom. The molecule has 0 amide bonds. The zero-order valence-corrected chi connectivity index (χ0v) is 25.4. The molecule has 0 spiro atoms. The van der Waals surface area contributed by atoms with Crippen molar-refractivity contribution in [2.75, 3.05) is 0 Å². The minimum absolute atomic E-state index is 0. The third-order valence-electron chi connectivity index (χ3n) is 0. The van der Waals surface area contributed by atoms with Crippen molar-refractivity contribution in [3.8, 4) is 0 Å². The molecule has 0 aliphatic heterocycles. The second-order valence-corrected chi connectivity index (χ2v) is 3.62. The third kappa shape index (κ3) is 1060. The summed E-state index contributed by atoms with van der Waals surface area (Å²) >= 11 is 0. The minimum Gasteiger partial charge on any atom is -1.00 e. The molecule has 27 heavy (non-hydrogen) atoms. The fourth-order valence-electron chi connectivity index (χ4n) is 0. The number of halogens is 6. The topological polar surface area (TPSA) is 398 Å². The largest absolute Gasteiger partial charge is 1.00 e. The Morgan fingerprint density at radius 1 is 0.333 bits per heavy atom. The first-order valence-corrected chi connectivity index (χ1v) is 8.60. The van der Waals surface area contributed by atoms with Crippen LogP contribution in [0.1, 0.15) is 2.85 Å². The minimum atomic E-state index is -2.60. The molecule has 0 fully saturated rings. The standard InChI is InChI=1S/6ClHO3.Ir.2K.2H/c6*2-1(3)4;;;;;/h6*2H;;;;;/q;;;;;;;2*+1;2*-1. The van der Waals surface area contributed by atoms with E-state index < -0.39 is 64.7 Å². The molecule has 6 N–H and O–H groups in total. The molecule has 0 aliphatic rings. The van der Waals surface area contributed by atoms with Gasteiger partial charge in [0.25, 0.3) is 64.7 Å². The van der Waals surface area contributed by atoms with Gasteiger partial charge in [-0.25, -0.2) is 0 Å². The van der Waals surface area contributed by atoms with E-state index in [0.29, 0.717) is 0 Å². The summed E-state index contributed by atoms with van der Waals surface area (Å²) in [5.41, 5.74) is 0. The van der Waals surface area contributed by atoms with Gasteiger partial charge < -0.3 is 58.8 Å². The van der Waals surface area contributed by atoms with Crippen LogP contribution in [0.3, 0.4) is 0 Å². The van der Waals surface area contributed by atoms with Crippen LogP contribution in [0.4, 0.5) is 0 Å². The molecular weight excluding hydrogens is 771 g/mol. The van der Waals surface area contributed by atoms with Crippen molar-refractivity contribution in [3.05, 3.63) is 0 Å². The summed E-state index contributed by atoms with van der Waals surface area (Å²) in [5, 5.41) is 0. The summed E-state index contributed by atoms with van der Waals surface area (Å²) in [4.78, 5) is 0. The van der Waals surface area contributed by atoms with Gasteiger partial charge in [0.2, 0.25) is 0 Å². The second-order valence-electron chi connectivity index (χ2n) is 1.21. The first kappa shape index (κ1) is 58.1. The first-order valence-electron chi connectivity index (χ1n) is 2.87. The molecule has 27 heteroatoms. The Hall–Kier alpha value is 4.94. The average molecular weight is 779 g/mol. The van der Waals surface area contributed by atoms with Gasteiger partial charge in [0.1, 0.15) is 0 Å². The summed E-state index contributed by atoms with van der Waals surface area (Å²) in [5.74, 6) is 0. The van der Waals surface area contributed by atoms with Crippen LogP contribution >= 0.6 is 0 Å². The Morgan fingerprint density at radius 2 is 0.333 bits per heavy atom. The van der Waals surface area contributed by atoms with Crippen molar-refractivity contribution < 1.29 is 274 Å². The fraction of sp³-hybridized carbons (Fsp3) is 0. The van der Waals surface area contributed by atoms with E-state index in [1.807, 2.05) is 0 Å². The fourth-order valence-corrected chi connectivity index (χ4v) is 0. The molecule has 169 valence electrons. The zero-order chi connectivity index (χ0) is 21.5. The van der Waals surface area contributed by atoms with Gasteiger partial charge in [0, 0.05) is 48.1 Å². The Bertz CT molecular complexity index is 121. The van der Waals surface area contributed by atoms with Gasteiger partial charge in [-0.3, -0.25) is 0 Å². The molecule has 0 atom stereocenters. The van der Waals surface area contributed by atoms with Crippen LogP contribution in [0.5, 0.6) is 0 Å². The molecule has 0 aliphatic carbocycles. The molecule has 0 aromatic rings. The van der Waals surface area contributed by atoms with Crippen molar-refractivity contribution in [1.29, 1.82) is 0 Å². The van der Waals surface area contributed by atoms with Crippen LogP contribution in [0.15, 0.2) is 0 Å². The normalized spacial score (nSPS) is 8.00. The Kier molecular flexibility index (Phi) is 113. The Labute approximate surface area is 269 Å². The van der Waals surface area contributed by atoms with Crippen LogP contribution in [0.2, 0.25) is 0 Å². The van der Waals surface area contributed by atoms with Crippen molar-refractivity contribution >= 4 is 0 Å². The van der Waals surface area contributed by atoms with Crippen LogP contribution in [0.25, 0.3) is 0 Å². The van der Waals surface area contributed by atoms with E-state index in [1.54, 1.807) is 0 Å². The smallest absolute Gasteiger partial charge is 1.00 e. The van der Waals surface area contributed by atoms with Crippen molar-refractivity contribution in [1.82, 2.24) is 0 Å². The Balaban J connectivity index is -0.0000000144. The summed E-state index contributed by atoms with van der Waals surface area (Å²) in [6.07, 6.45) is 0. The molecule has 0 aromatic heterocycles. The van der Waals surface area contributed by atoms with E-state index in [1.165, 1.54) is 0 Å². The van der Waals surface area contributed by atoms with E-state index in [0.717, 1.165) is 0 Å². The van der Waals surface area contributed by atoms with Crippen molar-refractivity contribution in [2.24, 2.45) is 0 Å². The predicted molar refractivity (Wildman–Crippen MR) is 15.5 cm³/mol. The van der Waals surface area contributed by atoms with Gasteiger partial charge >= 0.3 is 103 Å². The number of rotatable bonds is 0. The van der Waals surface area contributed by atoms with Crippen LogP contribution in [-0.4, -0.2) is 28.0 Å². The van der Waals surface area contributed by atoms with Crippen LogP contribution in [-0.2, 0) is 20.1 Å². The maximum atomic E-state index is 8.52. The monoisotopic (exact) mass is 777 g/mol. The van der Waals surface area contributed by atoms with Gasteiger partial charge in [-0.15, -0.1) is 0 Å². The van der Waals surface area contributed by atoms with Gasteiger partial charge in [-0.2, -0.15) is 0 Å². The molecule has 0 bridgehead atoms. The summed E-state index contributed by atoms with van der Waals surface area (Å²) in [6, 6.07) is 0. The molecule has 1 radical (unpaired) electrons. The molecule has 0 saturated heterocycles. The number of hydrogen-bond donors (Lipinski definition) is 6. The molecule has 0 aromatic carbocycles. The SMILES string of the molecule is [H-].[H-].[Ir].[K+].[K+].[O-][Cl+2]([O-])O.[O-][Cl+2]([O-])O.[O-][Cl+2]([O-])O.[O-][Cl+2]([O-])O.[O-][Cl+2]([O-])O.[O-][Cl+2]([O-])O. The van der Waals surface area contributed by atoms with Crippen molar-refractivity contribution in [2.45, 2.75) is 0 Å². The molecule has 18 nitrogen and oxygen atoms in total. The molecule has 0 unspecified atom stereocenters. The van der Waals surface area contributed by atoms with Crippen LogP contribution in [0, 0.1) is 64.7 Å². The quantitative estimate of drug-likeness (QED) is 0.124. The summed E-state index contributed by atoms with van der Waals surface area (Å²) < 4.78 is 144. The first-order chi connectivity index (χ1) is 10.4. The van der Waals surface area contributed by atoms with Crippen LogP contribution < -0.4 is 159 Å². The van der Waals surface area contributed by atoms with E-state index in [2.05, 4.69) is 0 Å². The third-order valence-corrected chi connectivity index (χ3v) is 0. The molecule has 0 saturated carbocycles. The number of hydrogen-bond acceptors (Lipinski definition) is 18. The van der Waals surface area contributed by atoms with Crippen molar-refractivity contribution in [3.63, 3.8) is 0 Å². The molecular formula is H8Cl6IrK2O18. The second kappa shape index (κ2) is 52.7. The van der Waals surface area contributed by atoms with E-state index in [9.17, 15) is 0 Å². The van der Waals surface area contributed by atoms with E-state index in [4.69, 9.17) is 83.9 Å². The maximum absolute atomic E-state index is 8.52. The summed E-state index contributed by atoms with van der Waals surface area (Å²) in [7, 11) is -15.6. The molecule has 0 heterocycles. The summed E-state index contributed by atoms with van der Waals surface area (Å²) in [6.45, 7) is 0.